The number of anilines is 1. The largest absolute Gasteiger partial charge is 0.398 e. The minimum absolute atomic E-state index is 0.0421. The Bertz CT molecular complexity index is 439. The molecular weight excluding hydrogens is 256 g/mol. The Morgan fingerprint density at radius 3 is 3.00 bits per heavy atom. The van der Waals surface area contributed by atoms with Crippen LogP contribution in [0.1, 0.15) is 17.3 Å². The number of hydrogen-bond acceptors (Lipinski definition) is 3. The molecule has 92 valence electrons. The molecule has 2 rings (SSSR count). The van der Waals surface area contributed by atoms with Crippen LogP contribution in [0.15, 0.2) is 18.2 Å². The molecule has 1 aliphatic rings. The highest BCUT2D eigenvalue weighted by Crippen LogP contribution is 2.23. The van der Waals surface area contributed by atoms with Crippen LogP contribution in [0.2, 0.25) is 5.02 Å². The van der Waals surface area contributed by atoms with Gasteiger partial charge in [0.2, 0.25) is 0 Å². The number of nitrogen functional groups attached to an aromatic ring is 1. The molecule has 0 saturated carbocycles. The van der Waals surface area contributed by atoms with E-state index in [1.165, 1.54) is 0 Å². The molecule has 1 aromatic rings. The molecule has 1 heterocycles. The highest BCUT2D eigenvalue weighted by molar-refractivity contribution is 7.99. The van der Waals surface area contributed by atoms with E-state index in [4.69, 9.17) is 17.3 Å². The first kappa shape index (κ1) is 12.6. The van der Waals surface area contributed by atoms with Crippen LogP contribution in [0.5, 0.6) is 0 Å². The Morgan fingerprint density at radius 1 is 1.59 bits per heavy atom. The average Bonchev–Trinajstić information content (AvgIpc) is 2.32. The maximum Gasteiger partial charge on any atom is 0.253 e. The maximum absolute atomic E-state index is 12.2. The van der Waals surface area contributed by atoms with Gasteiger partial charge in [-0.15, -0.1) is 0 Å². The molecule has 2 N–H and O–H groups in total. The van der Waals surface area contributed by atoms with E-state index in [0.717, 1.165) is 18.8 Å². The molecule has 1 saturated heterocycles. The van der Waals surface area contributed by atoms with Gasteiger partial charge in [0, 0.05) is 29.7 Å². The Labute approximate surface area is 110 Å². The van der Waals surface area contributed by atoms with Crippen LogP contribution in [-0.2, 0) is 0 Å². The van der Waals surface area contributed by atoms with Gasteiger partial charge in [-0.3, -0.25) is 4.79 Å². The zero-order chi connectivity index (χ0) is 12.4. The molecular formula is C12H15ClN2OS. The predicted molar refractivity (Wildman–Crippen MR) is 73.7 cm³/mol. The number of amides is 1. The summed E-state index contributed by atoms with van der Waals surface area (Å²) >= 11 is 7.74. The first-order valence-electron chi connectivity index (χ1n) is 5.54. The van der Waals surface area contributed by atoms with Gasteiger partial charge in [0.25, 0.3) is 5.91 Å². The number of nitrogens with two attached hydrogens (primary N) is 1. The third kappa shape index (κ3) is 2.87. The van der Waals surface area contributed by atoms with E-state index in [-0.39, 0.29) is 5.91 Å². The average molecular weight is 271 g/mol. The van der Waals surface area contributed by atoms with Crippen molar-refractivity contribution in [2.75, 3.05) is 24.6 Å². The molecule has 0 bridgehead atoms. The molecule has 1 aliphatic heterocycles. The van der Waals surface area contributed by atoms with Crippen molar-refractivity contribution in [1.29, 1.82) is 0 Å². The second-order valence-corrected chi connectivity index (χ2v) is 6.12. The molecule has 0 spiro atoms. The summed E-state index contributed by atoms with van der Waals surface area (Å²) in [5, 5.41) is 0.987. The Hall–Kier alpha value is -0.870. The van der Waals surface area contributed by atoms with Gasteiger partial charge in [-0.1, -0.05) is 18.5 Å². The van der Waals surface area contributed by atoms with Crippen LogP contribution in [0, 0.1) is 0 Å². The van der Waals surface area contributed by atoms with Gasteiger partial charge >= 0.3 is 0 Å². The van der Waals surface area contributed by atoms with Crippen molar-refractivity contribution in [3.63, 3.8) is 0 Å². The summed E-state index contributed by atoms with van der Waals surface area (Å²) in [6.07, 6.45) is 0. The molecule has 1 unspecified atom stereocenters. The number of hydrogen-bond donors (Lipinski definition) is 1. The van der Waals surface area contributed by atoms with E-state index >= 15 is 0 Å². The Morgan fingerprint density at radius 2 is 2.35 bits per heavy atom. The van der Waals surface area contributed by atoms with E-state index in [2.05, 4.69) is 6.92 Å². The monoisotopic (exact) mass is 270 g/mol. The van der Waals surface area contributed by atoms with Gasteiger partial charge in [0.05, 0.1) is 10.7 Å². The van der Waals surface area contributed by atoms with Crippen molar-refractivity contribution in [2.45, 2.75) is 12.2 Å². The lowest BCUT2D eigenvalue weighted by Gasteiger charge is -2.30. The van der Waals surface area contributed by atoms with Crippen LogP contribution in [-0.4, -0.2) is 34.9 Å². The smallest absolute Gasteiger partial charge is 0.253 e. The van der Waals surface area contributed by atoms with Crippen molar-refractivity contribution in [3.8, 4) is 0 Å². The second-order valence-electron chi connectivity index (χ2n) is 4.17. The molecule has 0 aromatic heterocycles. The summed E-state index contributed by atoms with van der Waals surface area (Å²) in [4.78, 5) is 14.1. The zero-order valence-electron chi connectivity index (χ0n) is 9.65. The lowest BCUT2D eigenvalue weighted by Crippen LogP contribution is -2.41. The molecule has 0 radical (unpaired) electrons. The van der Waals surface area contributed by atoms with Crippen molar-refractivity contribution >= 4 is 35.0 Å². The first-order valence-corrected chi connectivity index (χ1v) is 6.96. The fourth-order valence-corrected chi connectivity index (χ4v) is 2.99. The molecule has 1 fully saturated rings. The Balaban J connectivity index is 2.15. The zero-order valence-corrected chi connectivity index (χ0v) is 11.2. The molecule has 3 nitrogen and oxygen atoms in total. The Kier molecular flexibility index (Phi) is 3.84. The summed E-state index contributed by atoms with van der Waals surface area (Å²) < 4.78 is 0. The molecule has 17 heavy (non-hydrogen) atoms. The normalized spacial score (nSPS) is 20.4. The van der Waals surface area contributed by atoms with E-state index in [0.29, 0.717) is 21.5 Å². The lowest BCUT2D eigenvalue weighted by atomic mass is 10.1. The van der Waals surface area contributed by atoms with Gasteiger partial charge in [0.15, 0.2) is 0 Å². The molecule has 1 atom stereocenters. The van der Waals surface area contributed by atoms with Crippen molar-refractivity contribution in [3.05, 3.63) is 28.8 Å². The van der Waals surface area contributed by atoms with Crippen LogP contribution in [0.4, 0.5) is 5.69 Å². The van der Waals surface area contributed by atoms with Crippen LogP contribution in [0.3, 0.4) is 0 Å². The van der Waals surface area contributed by atoms with E-state index in [1.807, 2.05) is 16.7 Å². The standard InChI is InChI=1S/C12H15ClN2OS/c1-8-7-15(4-5-17-8)12(16)9-2-3-10(13)11(14)6-9/h2-3,6,8H,4-5,7,14H2,1H3. The summed E-state index contributed by atoms with van der Waals surface area (Å²) in [5.41, 5.74) is 6.78. The van der Waals surface area contributed by atoms with Crippen LogP contribution < -0.4 is 5.73 Å². The van der Waals surface area contributed by atoms with E-state index in [1.54, 1.807) is 18.2 Å². The number of halogens is 1. The number of carbonyl (C=O) groups excluding carboxylic acids is 1. The molecule has 1 aromatic carbocycles. The van der Waals surface area contributed by atoms with Crippen LogP contribution >= 0.6 is 23.4 Å². The fraction of sp³-hybridized carbons (Fsp3) is 0.417. The predicted octanol–water partition coefficient (Wildman–Crippen LogP) is 2.50. The summed E-state index contributed by atoms with van der Waals surface area (Å²) in [6, 6.07) is 5.05. The summed E-state index contributed by atoms with van der Waals surface area (Å²) in [5.74, 6) is 1.04. The minimum Gasteiger partial charge on any atom is -0.398 e. The number of rotatable bonds is 1. The van der Waals surface area contributed by atoms with Gasteiger partial charge in [0.1, 0.15) is 0 Å². The topological polar surface area (TPSA) is 46.3 Å². The minimum atomic E-state index is 0.0421. The van der Waals surface area contributed by atoms with Crippen molar-refractivity contribution < 1.29 is 4.79 Å². The molecule has 1 amide bonds. The highest BCUT2D eigenvalue weighted by atomic mass is 35.5. The van der Waals surface area contributed by atoms with Crippen LogP contribution in [0.25, 0.3) is 0 Å². The van der Waals surface area contributed by atoms with Gasteiger partial charge in [-0.05, 0) is 18.2 Å². The van der Waals surface area contributed by atoms with Crippen molar-refractivity contribution in [2.24, 2.45) is 0 Å². The fourth-order valence-electron chi connectivity index (χ4n) is 1.86. The number of carbonyl (C=O) groups is 1. The number of nitrogens with zero attached hydrogens (tertiary/aromatic N) is 1. The SMILES string of the molecule is CC1CN(C(=O)c2ccc(Cl)c(N)c2)CCS1. The maximum atomic E-state index is 12.2. The van der Waals surface area contributed by atoms with Crippen molar-refractivity contribution in [1.82, 2.24) is 4.90 Å². The van der Waals surface area contributed by atoms with Gasteiger partial charge in [-0.25, -0.2) is 0 Å². The highest BCUT2D eigenvalue weighted by Gasteiger charge is 2.22. The molecule has 5 heteroatoms. The second kappa shape index (κ2) is 5.19. The summed E-state index contributed by atoms with van der Waals surface area (Å²) in [7, 11) is 0. The third-order valence-electron chi connectivity index (χ3n) is 2.77. The number of benzene rings is 1. The number of thioether (sulfide) groups is 1. The first-order chi connectivity index (χ1) is 8.08. The van der Waals surface area contributed by atoms with E-state index < -0.39 is 0 Å². The lowest BCUT2D eigenvalue weighted by molar-refractivity contribution is 0.0763. The van der Waals surface area contributed by atoms with Gasteiger partial charge < -0.3 is 10.6 Å². The third-order valence-corrected chi connectivity index (χ3v) is 4.25. The molecule has 0 aliphatic carbocycles. The van der Waals surface area contributed by atoms with E-state index in [9.17, 15) is 4.79 Å². The quantitative estimate of drug-likeness (QED) is 0.798. The summed E-state index contributed by atoms with van der Waals surface area (Å²) in [6.45, 7) is 3.74. The van der Waals surface area contributed by atoms with Gasteiger partial charge in [-0.2, -0.15) is 11.8 Å².